The Balaban J connectivity index is 1.50. The normalized spacial score (nSPS) is 15.9. The number of nitrogens with zero attached hydrogens (tertiary/aromatic N) is 3. The fraction of sp³-hybridized carbons (Fsp3) is 0.0667. The van der Waals surface area contributed by atoms with Gasteiger partial charge in [0.1, 0.15) is 5.65 Å². The SMILES string of the molecule is Clc1ccc2[nH]c3nc(N4N=C(c5ccccc5)CC4c4ccccc4)c4ccccc4c3c2c1. The average molecular weight is 473 g/mol. The van der Waals surface area contributed by atoms with E-state index >= 15 is 0 Å². The molecule has 7 rings (SSSR count). The number of H-pyrrole nitrogens is 1. The monoisotopic (exact) mass is 472 g/mol. The summed E-state index contributed by atoms with van der Waals surface area (Å²) in [6.45, 7) is 0. The molecule has 168 valence electrons. The molecule has 1 atom stereocenters. The summed E-state index contributed by atoms with van der Waals surface area (Å²) < 4.78 is 0. The van der Waals surface area contributed by atoms with Crippen molar-refractivity contribution in [3.63, 3.8) is 0 Å². The largest absolute Gasteiger partial charge is 0.339 e. The van der Waals surface area contributed by atoms with Crippen LogP contribution in [0.15, 0.2) is 108 Å². The molecule has 5 heteroatoms. The summed E-state index contributed by atoms with van der Waals surface area (Å²) in [6.07, 6.45) is 0.810. The summed E-state index contributed by atoms with van der Waals surface area (Å²) >= 11 is 6.36. The number of fused-ring (bicyclic) bond motifs is 5. The first-order valence-electron chi connectivity index (χ1n) is 11.7. The molecule has 0 spiro atoms. The van der Waals surface area contributed by atoms with Crippen LogP contribution in [0.25, 0.3) is 32.7 Å². The number of nitrogens with one attached hydrogen (secondary N) is 1. The number of anilines is 1. The topological polar surface area (TPSA) is 44.3 Å². The number of pyridine rings is 1. The van der Waals surface area contributed by atoms with Crippen LogP contribution in [0.4, 0.5) is 5.82 Å². The van der Waals surface area contributed by atoms with Crippen LogP contribution in [-0.2, 0) is 0 Å². The molecule has 3 heterocycles. The molecule has 0 fully saturated rings. The summed E-state index contributed by atoms with van der Waals surface area (Å²) in [4.78, 5) is 8.69. The van der Waals surface area contributed by atoms with Gasteiger partial charge in [0.25, 0.3) is 0 Å². The van der Waals surface area contributed by atoms with E-state index in [2.05, 4.69) is 88.9 Å². The van der Waals surface area contributed by atoms with E-state index in [9.17, 15) is 0 Å². The quantitative estimate of drug-likeness (QED) is 0.284. The number of aromatic nitrogens is 2. The lowest BCUT2D eigenvalue weighted by Gasteiger charge is -2.24. The van der Waals surface area contributed by atoms with Crippen molar-refractivity contribution in [2.24, 2.45) is 5.10 Å². The zero-order chi connectivity index (χ0) is 23.4. The van der Waals surface area contributed by atoms with Gasteiger partial charge in [0.15, 0.2) is 5.82 Å². The van der Waals surface area contributed by atoms with E-state index in [1.165, 1.54) is 5.56 Å². The van der Waals surface area contributed by atoms with Crippen LogP contribution in [0.5, 0.6) is 0 Å². The van der Waals surface area contributed by atoms with Crippen molar-refractivity contribution in [3.8, 4) is 0 Å². The van der Waals surface area contributed by atoms with E-state index in [0.29, 0.717) is 5.02 Å². The highest BCUT2D eigenvalue weighted by Crippen LogP contribution is 2.42. The smallest absolute Gasteiger partial charge is 0.159 e. The Morgan fingerprint density at radius 1 is 0.771 bits per heavy atom. The van der Waals surface area contributed by atoms with Crippen LogP contribution in [0.2, 0.25) is 5.02 Å². The van der Waals surface area contributed by atoms with Crippen molar-refractivity contribution < 1.29 is 0 Å². The van der Waals surface area contributed by atoms with Crippen molar-refractivity contribution in [3.05, 3.63) is 119 Å². The average Bonchev–Trinajstić information content (AvgIpc) is 3.51. The molecule has 0 radical (unpaired) electrons. The van der Waals surface area contributed by atoms with Gasteiger partial charge in [-0.2, -0.15) is 5.10 Å². The van der Waals surface area contributed by atoms with Crippen LogP contribution < -0.4 is 5.01 Å². The second-order valence-corrected chi connectivity index (χ2v) is 9.34. The van der Waals surface area contributed by atoms with Crippen molar-refractivity contribution in [1.82, 2.24) is 9.97 Å². The number of halogens is 1. The molecule has 0 saturated heterocycles. The van der Waals surface area contributed by atoms with Gasteiger partial charge < -0.3 is 4.98 Å². The van der Waals surface area contributed by atoms with Gasteiger partial charge in [0.05, 0.1) is 11.8 Å². The Bertz CT molecular complexity index is 1740. The molecular formula is C30H21ClN4. The minimum atomic E-state index is 0.0542. The number of rotatable bonds is 3. The number of hydrazone groups is 1. The minimum absolute atomic E-state index is 0.0542. The first-order valence-corrected chi connectivity index (χ1v) is 12.1. The molecule has 6 aromatic rings. The standard InChI is InChI=1S/C30H21ClN4/c31-21-15-16-25-24(17-21)28-22-13-7-8-14-23(22)30(33-29(28)32-25)35-27(20-11-5-2-6-12-20)18-26(34-35)19-9-3-1-4-10-19/h1-17,27H,18H2,(H,32,33). The van der Waals surface area contributed by atoms with Crippen LogP contribution in [-0.4, -0.2) is 15.7 Å². The molecular weight excluding hydrogens is 452 g/mol. The molecule has 1 aliphatic heterocycles. The highest BCUT2D eigenvalue weighted by atomic mass is 35.5. The molecule has 1 unspecified atom stereocenters. The van der Waals surface area contributed by atoms with E-state index in [1.807, 2.05) is 24.3 Å². The van der Waals surface area contributed by atoms with E-state index in [0.717, 1.165) is 56.2 Å². The zero-order valence-corrected chi connectivity index (χ0v) is 19.6. The first-order chi connectivity index (χ1) is 17.3. The Morgan fingerprint density at radius 3 is 2.29 bits per heavy atom. The summed E-state index contributed by atoms with van der Waals surface area (Å²) in [6, 6.07) is 35.4. The summed E-state index contributed by atoms with van der Waals surface area (Å²) in [5, 5.41) is 12.4. The van der Waals surface area contributed by atoms with Crippen molar-refractivity contribution >= 4 is 55.8 Å². The predicted molar refractivity (Wildman–Crippen MR) is 145 cm³/mol. The van der Waals surface area contributed by atoms with Crippen molar-refractivity contribution in [2.45, 2.75) is 12.5 Å². The molecule has 2 aromatic heterocycles. The Kier molecular flexibility index (Phi) is 4.61. The lowest BCUT2D eigenvalue weighted by molar-refractivity contribution is 0.703. The lowest BCUT2D eigenvalue weighted by Crippen LogP contribution is -2.20. The maximum atomic E-state index is 6.36. The second kappa shape index (κ2) is 7.97. The van der Waals surface area contributed by atoms with Gasteiger partial charge in [0, 0.05) is 33.1 Å². The van der Waals surface area contributed by atoms with Gasteiger partial charge in [-0.25, -0.2) is 9.99 Å². The fourth-order valence-electron chi connectivity index (χ4n) is 5.19. The number of aromatic amines is 1. The van der Waals surface area contributed by atoms with Gasteiger partial charge in [-0.1, -0.05) is 96.5 Å². The minimum Gasteiger partial charge on any atom is -0.339 e. The van der Waals surface area contributed by atoms with Gasteiger partial charge in [-0.05, 0) is 34.7 Å². The van der Waals surface area contributed by atoms with E-state index in [-0.39, 0.29) is 6.04 Å². The summed E-state index contributed by atoms with van der Waals surface area (Å²) in [7, 11) is 0. The third-order valence-electron chi connectivity index (χ3n) is 6.81. The predicted octanol–water partition coefficient (Wildman–Crippen LogP) is 7.88. The lowest BCUT2D eigenvalue weighted by atomic mass is 9.98. The fourth-order valence-corrected chi connectivity index (χ4v) is 5.36. The van der Waals surface area contributed by atoms with Crippen molar-refractivity contribution in [2.75, 3.05) is 5.01 Å². The van der Waals surface area contributed by atoms with Crippen LogP contribution in [0.1, 0.15) is 23.6 Å². The van der Waals surface area contributed by atoms with Gasteiger partial charge in [-0.15, -0.1) is 0 Å². The third-order valence-corrected chi connectivity index (χ3v) is 7.05. The van der Waals surface area contributed by atoms with Gasteiger partial charge >= 0.3 is 0 Å². The van der Waals surface area contributed by atoms with Gasteiger partial charge in [-0.3, -0.25) is 0 Å². The molecule has 35 heavy (non-hydrogen) atoms. The van der Waals surface area contributed by atoms with E-state index < -0.39 is 0 Å². The van der Waals surface area contributed by atoms with Crippen LogP contribution in [0, 0.1) is 0 Å². The number of hydrogen-bond donors (Lipinski definition) is 1. The molecule has 0 aliphatic carbocycles. The highest BCUT2D eigenvalue weighted by molar-refractivity contribution is 6.32. The Labute approximate surface area is 207 Å². The van der Waals surface area contributed by atoms with Crippen molar-refractivity contribution in [1.29, 1.82) is 0 Å². The number of benzene rings is 4. The zero-order valence-electron chi connectivity index (χ0n) is 18.8. The molecule has 0 bridgehead atoms. The second-order valence-electron chi connectivity index (χ2n) is 8.91. The Morgan fingerprint density at radius 2 is 1.49 bits per heavy atom. The van der Waals surface area contributed by atoms with E-state index in [1.54, 1.807) is 0 Å². The summed E-state index contributed by atoms with van der Waals surface area (Å²) in [5.74, 6) is 0.852. The first kappa shape index (κ1) is 20.2. The maximum absolute atomic E-state index is 6.36. The number of hydrogen-bond acceptors (Lipinski definition) is 3. The third kappa shape index (κ3) is 3.29. The van der Waals surface area contributed by atoms with Crippen LogP contribution >= 0.6 is 11.6 Å². The maximum Gasteiger partial charge on any atom is 0.159 e. The van der Waals surface area contributed by atoms with Crippen LogP contribution in [0.3, 0.4) is 0 Å². The molecule has 4 aromatic carbocycles. The molecule has 4 nitrogen and oxygen atoms in total. The van der Waals surface area contributed by atoms with E-state index in [4.69, 9.17) is 21.7 Å². The highest BCUT2D eigenvalue weighted by Gasteiger charge is 2.32. The molecule has 0 amide bonds. The summed E-state index contributed by atoms with van der Waals surface area (Å²) in [5.41, 5.74) is 5.28. The molecule has 0 saturated carbocycles. The molecule has 1 N–H and O–H groups in total. The Hall–Kier alpha value is -4.15. The molecule has 1 aliphatic rings. The van der Waals surface area contributed by atoms with Gasteiger partial charge in [0.2, 0.25) is 0 Å².